The van der Waals surface area contributed by atoms with Crippen molar-refractivity contribution in [3.05, 3.63) is 35.9 Å². The molecule has 0 unspecified atom stereocenters. The second kappa shape index (κ2) is 8.26. The molecular weight excluding hydrogens is 306 g/mol. The monoisotopic (exact) mass is 331 g/mol. The van der Waals surface area contributed by atoms with Crippen LogP contribution in [0.3, 0.4) is 0 Å². The molecule has 2 aliphatic rings. The van der Waals surface area contributed by atoms with E-state index < -0.39 is 0 Å². The van der Waals surface area contributed by atoms with Gasteiger partial charge in [0.25, 0.3) is 5.91 Å². The van der Waals surface area contributed by atoms with Gasteiger partial charge in [-0.05, 0) is 24.4 Å². The lowest BCUT2D eigenvalue weighted by Gasteiger charge is -2.15. The lowest BCUT2D eigenvalue weighted by molar-refractivity contribution is -0.115. The fourth-order valence-electron chi connectivity index (χ4n) is 3.20. The maximum absolute atomic E-state index is 12.3. The summed E-state index contributed by atoms with van der Waals surface area (Å²) in [7, 11) is 1.72. The highest BCUT2D eigenvalue weighted by atomic mass is 16.6. The number of oxime groups is 1. The Labute approximate surface area is 142 Å². The molecule has 1 amide bonds. The second-order valence-corrected chi connectivity index (χ2v) is 6.40. The molecule has 0 saturated carbocycles. The van der Waals surface area contributed by atoms with Gasteiger partial charge >= 0.3 is 0 Å². The number of hydrogen-bond acceptors (Lipinski definition) is 5. The third kappa shape index (κ3) is 4.33. The summed E-state index contributed by atoms with van der Waals surface area (Å²) < 4.78 is 5.11. The number of rotatable bonds is 7. The van der Waals surface area contributed by atoms with Gasteiger partial charge in [-0.2, -0.15) is 0 Å². The maximum Gasteiger partial charge on any atom is 0.269 e. The van der Waals surface area contributed by atoms with E-state index in [0.717, 1.165) is 38.2 Å². The molecule has 1 N–H and O–H groups in total. The summed E-state index contributed by atoms with van der Waals surface area (Å²) in [6.45, 7) is 4.50. The number of benzene rings is 1. The van der Waals surface area contributed by atoms with E-state index in [1.807, 2.05) is 30.3 Å². The molecule has 0 radical (unpaired) electrons. The van der Waals surface area contributed by atoms with Crippen LogP contribution in [0.1, 0.15) is 24.5 Å². The van der Waals surface area contributed by atoms with E-state index >= 15 is 0 Å². The Morgan fingerprint density at radius 3 is 3.04 bits per heavy atom. The van der Waals surface area contributed by atoms with Crippen LogP contribution in [0.2, 0.25) is 0 Å². The largest absolute Gasteiger partial charge is 0.387 e. The van der Waals surface area contributed by atoms with Gasteiger partial charge < -0.3 is 19.8 Å². The van der Waals surface area contributed by atoms with E-state index in [1.54, 1.807) is 7.11 Å². The second-order valence-electron chi connectivity index (χ2n) is 6.40. The average Bonchev–Trinajstić information content (AvgIpc) is 3.28. The fraction of sp³-hybridized carbons (Fsp3) is 0.556. The van der Waals surface area contributed by atoms with Crippen LogP contribution >= 0.6 is 0 Å². The molecule has 24 heavy (non-hydrogen) atoms. The molecule has 2 heterocycles. The molecule has 2 atom stereocenters. The number of nitrogens with one attached hydrogen (secondary N) is 1. The van der Waals surface area contributed by atoms with Crippen LogP contribution in [0.25, 0.3) is 0 Å². The van der Waals surface area contributed by atoms with Crippen molar-refractivity contribution in [2.75, 3.05) is 39.9 Å². The summed E-state index contributed by atoms with van der Waals surface area (Å²) in [6.07, 6.45) is 1.49. The first-order valence-electron chi connectivity index (χ1n) is 8.53. The zero-order valence-electron chi connectivity index (χ0n) is 14.1. The highest BCUT2D eigenvalue weighted by Gasteiger charge is 2.28. The third-order valence-electron chi connectivity index (χ3n) is 4.64. The SMILES string of the molecule is COCCN1CC[C@@H](CNC(=O)C2=NO[C@@H](c3ccccc3)C2)C1. The normalized spacial score (nSPS) is 23.8. The number of methoxy groups -OCH3 is 1. The Balaban J connectivity index is 1.40. The van der Waals surface area contributed by atoms with Gasteiger partial charge in [-0.25, -0.2) is 0 Å². The summed E-state index contributed by atoms with van der Waals surface area (Å²) in [5.74, 6) is 0.391. The van der Waals surface area contributed by atoms with Gasteiger partial charge in [0, 0.05) is 33.2 Å². The van der Waals surface area contributed by atoms with Crippen LogP contribution in [-0.4, -0.2) is 56.4 Å². The minimum atomic E-state index is -0.150. The van der Waals surface area contributed by atoms with Crippen LogP contribution in [0.4, 0.5) is 0 Å². The Kier molecular flexibility index (Phi) is 5.82. The molecule has 1 aromatic carbocycles. The Bertz CT molecular complexity index is 576. The molecule has 1 aromatic rings. The van der Waals surface area contributed by atoms with Gasteiger partial charge in [0.2, 0.25) is 0 Å². The van der Waals surface area contributed by atoms with Crippen LogP contribution in [0.15, 0.2) is 35.5 Å². The van der Waals surface area contributed by atoms with Gasteiger partial charge in [0.15, 0.2) is 6.10 Å². The molecule has 0 bridgehead atoms. The van der Waals surface area contributed by atoms with Crippen molar-refractivity contribution < 1.29 is 14.4 Å². The van der Waals surface area contributed by atoms with Crippen molar-refractivity contribution in [3.63, 3.8) is 0 Å². The van der Waals surface area contributed by atoms with Crippen LogP contribution in [0, 0.1) is 5.92 Å². The van der Waals surface area contributed by atoms with Gasteiger partial charge in [-0.3, -0.25) is 4.79 Å². The van der Waals surface area contributed by atoms with Crippen LogP contribution in [0.5, 0.6) is 0 Å². The van der Waals surface area contributed by atoms with Crippen molar-refractivity contribution >= 4 is 11.6 Å². The van der Waals surface area contributed by atoms with Gasteiger partial charge in [0.05, 0.1) is 6.61 Å². The summed E-state index contributed by atoms with van der Waals surface area (Å²) in [5.41, 5.74) is 1.53. The topological polar surface area (TPSA) is 63.2 Å². The molecule has 130 valence electrons. The number of ether oxygens (including phenoxy) is 1. The minimum absolute atomic E-state index is 0.108. The van der Waals surface area contributed by atoms with Crippen LogP contribution in [-0.2, 0) is 14.4 Å². The Hall–Kier alpha value is -1.92. The van der Waals surface area contributed by atoms with Crippen molar-refractivity contribution in [2.45, 2.75) is 18.9 Å². The molecule has 0 spiro atoms. The lowest BCUT2D eigenvalue weighted by Crippen LogP contribution is -2.35. The Morgan fingerprint density at radius 1 is 1.42 bits per heavy atom. The number of likely N-dealkylation sites (tertiary alicyclic amines) is 1. The predicted octanol–water partition coefficient (Wildman–Crippen LogP) is 1.59. The molecule has 6 heteroatoms. The van der Waals surface area contributed by atoms with Gasteiger partial charge in [-0.15, -0.1) is 0 Å². The first-order valence-corrected chi connectivity index (χ1v) is 8.53. The maximum atomic E-state index is 12.3. The molecule has 1 saturated heterocycles. The van der Waals surface area contributed by atoms with E-state index in [4.69, 9.17) is 9.57 Å². The molecular formula is C18H25N3O3. The standard InChI is InChI=1S/C18H25N3O3/c1-23-10-9-21-8-7-14(13-21)12-19-18(22)16-11-17(24-20-16)15-5-3-2-4-6-15/h2-6,14,17H,7-13H2,1H3,(H,19,22)/t14-,17+/m0/s1. The summed E-state index contributed by atoms with van der Waals surface area (Å²) in [5, 5.41) is 6.98. The first kappa shape index (κ1) is 16.9. The molecule has 3 rings (SSSR count). The average molecular weight is 331 g/mol. The lowest BCUT2D eigenvalue weighted by atomic mass is 10.0. The molecule has 2 aliphatic heterocycles. The number of carbonyl (C=O) groups excluding carboxylic acids is 1. The first-order chi connectivity index (χ1) is 11.8. The summed E-state index contributed by atoms with van der Waals surface area (Å²) in [6, 6.07) is 9.88. The zero-order valence-corrected chi connectivity index (χ0v) is 14.1. The minimum Gasteiger partial charge on any atom is -0.387 e. The van der Waals surface area contributed by atoms with E-state index in [0.29, 0.717) is 24.6 Å². The highest BCUT2D eigenvalue weighted by Crippen LogP contribution is 2.26. The fourth-order valence-corrected chi connectivity index (χ4v) is 3.20. The van der Waals surface area contributed by atoms with Gasteiger partial charge in [0.1, 0.15) is 5.71 Å². The quantitative estimate of drug-likeness (QED) is 0.824. The van der Waals surface area contributed by atoms with E-state index in [1.165, 1.54) is 0 Å². The summed E-state index contributed by atoms with van der Waals surface area (Å²) >= 11 is 0. The smallest absolute Gasteiger partial charge is 0.269 e. The van der Waals surface area contributed by atoms with Crippen molar-refractivity contribution in [1.29, 1.82) is 0 Å². The van der Waals surface area contributed by atoms with E-state index in [9.17, 15) is 4.79 Å². The number of nitrogens with zero attached hydrogens (tertiary/aromatic N) is 2. The number of carbonyl (C=O) groups is 1. The number of hydrogen-bond donors (Lipinski definition) is 1. The third-order valence-corrected chi connectivity index (χ3v) is 4.64. The highest BCUT2D eigenvalue weighted by molar-refractivity contribution is 6.39. The summed E-state index contributed by atoms with van der Waals surface area (Å²) in [4.78, 5) is 20.1. The zero-order chi connectivity index (χ0) is 16.8. The van der Waals surface area contributed by atoms with Crippen molar-refractivity contribution in [3.8, 4) is 0 Å². The van der Waals surface area contributed by atoms with Crippen molar-refractivity contribution in [2.24, 2.45) is 11.1 Å². The number of amides is 1. The Morgan fingerprint density at radius 2 is 2.25 bits per heavy atom. The molecule has 0 aliphatic carbocycles. The van der Waals surface area contributed by atoms with E-state index in [-0.39, 0.29) is 12.0 Å². The van der Waals surface area contributed by atoms with Gasteiger partial charge in [-0.1, -0.05) is 35.5 Å². The molecule has 1 fully saturated rings. The van der Waals surface area contributed by atoms with E-state index in [2.05, 4.69) is 15.4 Å². The molecule has 6 nitrogen and oxygen atoms in total. The molecule has 0 aromatic heterocycles. The van der Waals surface area contributed by atoms with Crippen molar-refractivity contribution in [1.82, 2.24) is 10.2 Å². The van der Waals surface area contributed by atoms with Crippen LogP contribution < -0.4 is 5.32 Å². The predicted molar refractivity (Wildman–Crippen MR) is 91.8 cm³/mol.